The molecule has 116 valence electrons. The number of ether oxygens (including phenoxy) is 2. The number of hydrogen-bond donors (Lipinski definition) is 1. The molecule has 2 rings (SSSR count). The second kappa shape index (κ2) is 6.89. The normalized spacial score (nSPS) is 11.8. The number of aromatic nitrogens is 2. The molecule has 0 aliphatic rings. The molecule has 0 amide bonds. The number of hydrogen-bond acceptors (Lipinski definition) is 6. The Balaban J connectivity index is 2.38. The molecule has 0 fully saturated rings. The topological polar surface area (TPSA) is 87.3 Å². The maximum atomic E-state index is 12.2. The van der Waals surface area contributed by atoms with Crippen molar-refractivity contribution in [1.82, 2.24) is 9.97 Å². The molecule has 1 aromatic carbocycles. The first-order chi connectivity index (χ1) is 10.5. The predicted molar refractivity (Wildman–Crippen MR) is 82.6 cm³/mol. The molecule has 1 heterocycles. The molecule has 0 aliphatic heterocycles. The molecule has 6 heteroatoms. The van der Waals surface area contributed by atoms with Gasteiger partial charge in [-0.15, -0.1) is 0 Å². The van der Waals surface area contributed by atoms with Gasteiger partial charge in [0.25, 0.3) is 0 Å². The molecule has 0 saturated heterocycles. The number of para-hydroxylation sites is 1. The molecule has 22 heavy (non-hydrogen) atoms. The van der Waals surface area contributed by atoms with Crippen LogP contribution in [0.1, 0.15) is 41.7 Å². The van der Waals surface area contributed by atoms with Crippen molar-refractivity contribution in [3.8, 4) is 5.75 Å². The third-order valence-corrected chi connectivity index (χ3v) is 3.06. The van der Waals surface area contributed by atoms with Crippen LogP contribution in [0.2, 0.25) is 0 Å². The van der Waals surface area contributed by atoms with Crippen LogP contribution in [0, 0.1) is 6.92 Å². The van der Waals surface area contributed by atoms with Gasteiger partial charge in [-0.25, -0.2) is 14.8 Å². The minimum Gasteiger partial charge on any atom is -0.484 e. The van der Waals surface area contributed by atoms with Crippen LogP contribution in [0.5, 0.6) is 5.75 Å². The van der Waals surface area contributed by atoms with Gasteiger partial charge in [-0.05, 0) is 32.9 Å². The van der Waals surface area contributed by atoms with Crippen LogP contribution in [0.25, 0.3) is 0 Å². The molecule has 2 aromatic rings. The van der Waals surface area contributed by atoms with E-state index in [2.05, 4.69) is 9.97 Å². The van der Waals surface area contributed by atoms with Crippen LogP contribution in [-0.2, 0) is 4.74 Å². The second-order valence-corrected chi connectivity index (χ2v) is 4.72. The van der Waals surface area contributed by atoms with Crippen molar-refractivity contribution in [1.29, 1.82) is 0 Å². The summed E-state index contributed by atoms with van der Waals surface area (Å²) >= 11 is 0. The fourth-order valence-electron chi connectivity index (χ4n) is 2.13. The molecular formula is C16H19N3O3. The van der Waals surface area contributed by atoms with Crippen LogP contribution >= 0.6 is 0 Å². The van der Waals surface area contributed by atoms with E-state index in [9.17, 15) is 4.79 Å². The molecule has 0 aliphatic carbocycles. The van der Waals surface area contributed by atoms with Gasteiger partial charge in [-0.3, -0.25) is 0 Å². The zero-order valence-electron chi connectivity index (χ0n) is 12.9. The third-order valence-electron chi connectivity index (χ3n) is 3.06. The minimum absolute atomic E-state index is 0.101. The SMILES string of the molecule is CCOC(=O)c1c(C)nc(N)nc1C(C)Oc1ccccc1. The largest absolute Gasteiger partial charge is 0.484 e. The molecule has 1 unspecified atom stereocenters. The van der Waals surface area contributed by atoms with Crippen LogP contribution in [0.4, 0.5) is 5.95 Å². The van der Waals surface area contributed by atoms with Crippen molar-refractivity contribution in [3.05, 3.63) is 47.3 Å². The highest BCUT2D eigenvalue weighted by Gasteiger charge is 2.24. The lowest BCUT2D eigenvalue weighted by Crippen LogP contribution is -2.18. The molecule has 0 radical (unpaired) electrons. The van der Waals surface area contributed by atoms with Crippen molar-refractivity contribution in [2.75, 3.05) is 12.3 Å². The number of nitrogens with zero attached hydrogens (tertiary/aromatic N) is 2. The Bertz CT molecular complexity index is 659. The lowest BCUT2D eigenvalue weighted by Gasteiger charge is -2.18. The Labute approximate surface area is 129 Å². The maximum absolute atomic E-state index is 12.2. The highest BCUT2D eigenvalue weighted by atomic mass is 16.5. The number of aryl methyl sites for hydroxylation is 1. The Morgan fingerprint density at radius 2 is 1.95 bits per heavy atom. The second-order valence-electron chi connectivity index (χ2n) is 4.72. The molecule has 1 atom stereocenters. The van der Waals surface area contributed by atoms with Gasteiger partial charge in [-0.2, -0.15) is 0 Å². The van der Waals surface area contributed by atoms with Gasteiger partial charge < -0.3 is 15.2 Å². The van der Waals surface area contributed by atoms with Crippen molar-refractivity contribution >= 4 is 11.9 Å². The molecule has 2 N–H and O–H groups in total. The zero-order valence-corrected chi connectivity index (χ0v) is 12.9. The molecule has 0 bridgehead atoms. The minimum atomic E-state index is -0.474. The van der Waals surface area contributed by atoms with E-state index in [0.29, 0.717) is 22.7 Å². The van der Waals surface area contributed by atoms with Gasteiger partial charge in [0.15, 0.2) is 0 Å². The third kappa shape index (κ3) is 3.52. The first-order valence-electron chi connectivity index (χ1n) is 7.05. The van der Waals surface area contributed by atoms with E-state index < -0.39 is 12.1 Å². The average molecular weight is 301 g/mol. The molecule has 0 spiro atoms. The van der Waals surface area contributed by atoms with Crippen LogP contribution < -0.4 is 10.5 Å². The van der Waals surface area contributed by atoms with Crippen molar-refractivity contribution < 1.29 is 14.3 Å². The summed E-state index contributed by atoms with van der Waals surface area (Å²) in [6, 6.07) is 9.30. The Hall–Kier alpha value is -2.63. The fraction of sp³-hybridized carbons (Fsp3) is 0.312. The van der Waals surface area contributed by atoms with Gasteiger partial charge in [0.1, 0.15) is 23.1 Å². The number of carbonyl (C=O) groups excluding carboxylic acids is 1. The van der Waals surface area contributed by atoms with Gasteiger partial charge in [0.2, 0.25) is 5.95 Å². The Morgan fingerprint density at radius 3 is 2.59 bits per heavy atom. The van der Waals surface area contributed by atoms with E-state index in [1.807, 2.05) is 30.3 Å². The molecular weight excluding hydrogens is 282 g/mol. The summed E-state index contributed by atoms with van der Waals surface area (Å²) in [6.07, 6.45) is -0.467. The number of nitrogens with two attached hydrogens (primary N) is 1. The summed E-state index contributed by atoms with van der Waals surface area (Å²) in [5, 5.41) is 0. The first-order valence-corrected chi connectivity index (χ1v) is 7.05. The number of carbonyl (C=O) groups is 1. The van der Waals surface area contributed by atoms with E-state index in [0.717, 1.165) is 0 Å². The van der Waals surface area contributed by atoms with Crippen molar-refractivity contribution in [2.45, 2.75) is 26.9 Å². The molecule has 0 saturated carbocycles. The van der Waals surface area contributed by atoms with Crippen molar-refractivity contribution in [2.24, 2.45) is 0 Å². The van der Waals surface area contributed by atoms with Crippen LogP contribution in [-0.4, -0.2) is 22.5 Å². The summed E-state index contributed by atoms with van der Waals surface area (Å²) < 4.78 is 10.9. The number of rotatable bonds is 5. The van der Waals surface area contributed by atoms with Gasteiger partial charge in [0, 0.05) is 0 Å². The Kier molecular flexibility index (Phi) is 4.93. The van der Waals surface area contributed by atoms with E-state index in [1.54, 1.807) is 20.8 Å². The summed E-state index contributed by atoms with van der Waals surface area (Å²) in [6.45, 7) is 5.52. The van der Waals surface area contributed by atoms with Crippen molar-refractivity contribution in [3.63, 3.8) is 0 Å². The smallest absolute Gasteiger partial charge is 0.342 e. The highest BCUT2D eigenvalue weighted by Crippen LogP contribution is 2.25. The van der Waals surface area contributed by atoms with Gasteiger partial charge in [0.05, 0.1) is 12.3 Å². The lowest BCUT2D eigenvalue weighted by molar-refractivity contribution is 0.0518. The summed E-state index contributed by atoms with van der Waals surface area (Å²) in [7, 11) is 0. The van der Waals surface area contributed by atoms with E-state index in [-0.39, 0.29) is 12.6 Å². The zero-order chi connectivity index (χ0) is 16.1. The first kappa shape index (κ1) is 15.8. The summed E-state index contributed by atoms with van der Waals surface area (Å²) in [5.74, 6) is 0.308. The molecule has 6 nitrogen and oxygen atoms in total. The Morgan fingerprint density at radius 1 is 1.27 bits per heavy atom. The standard InChI is InChI=1S/C16H19N3O3/c1-4-21-15(20)13-10(2)18-16(17)19-14(13)11(3)22-12-8-6-5-7-9-12/h5-9,11H,4H2,1-3H3,(H2,17,18,19). The maximum Gasteiger partial charge on any atom is 0.342 e. The molecule has 1 aromatic heterocycles. The van der Waals surface area contributed by atoms with Gasteiger partial charge in [-0.1, -0.05) is 18.2 Å². The van der Waals surface area contributed by atoms with Gasteiger partial charge >= 0.3 is 5.97 Å². The van der Waals surface area contributed by atoms with E-state index >= 15 is 0 Å². The predicted octanol–water partition coefficient (Wildman–Crippen LogP) is 2.68. The summed E-state index contributed by atoms with van der Waals surface area (Å²) in [5.41, 5.74) is 6.91. The van der Waals surface area contributed by atoms with E-state index in [4.69, 9.17) is 15.2 Å². The van der Waals surface area contributed by atoms with Crippen LogP contribution in [0.15, 0.2) is 30.3 Å². The lowest BCUT2D eigenvalue weighted by atomic mass is 10.1. The quantitative estimate of drug-likeness (QED) is 0.854. The number of benzene rings is 1. The van der Waals surface area contributed by atoms with Crippen LogP contribution in [0.3, 0.4) is 0 Å². The highest BCUT2D eigenvalue weighted by molar-refractivity contribution is 5.92. The number of anilines is 1. The summed E-state index contributed by atoms with van der Waals surface area (Å²) in [4.78, 5) is 20.4. The average Bonchev–Trinajstić information content (AvgIpc) is 2.47. The number of esters is 1. The van der Waals surface area contributed by atoms with E-state index in [1.165, 1.54) is 0 Å². The monoisotopic (exact) mass is 301 g/mol. The fourth-order valence-corrected chi connectivity index (χ4v) is 2.13. The number of nitrogen functional groups attached to an aromatic ring is 1.